The number of aliphatic imine (C=N–C) groups is 1. The molecule has 0 bridgehead atoms. The van der Waals surface area contributed by atoms with E-state index in [9.17, 15) is 0 Å². The molecule has 0 saturated heterocycles. The van der Waals surface area contributed by atoms with Crippen LogP contribution in [0.1, 0.15) is 18.7 Å². The summed E-state index contributed by atoms with van der Waals surface area (Å²) in [6.45, 7) is 4.66. The Hall–Kier alpha value is -0.770. The number of thiophene rings is 1. The van der Waals surface area contributed by atoms with E-state index in [-0.39, 0.29) is 5.54 Å². The first-order chi connectivity index (χ1) is 8.48. The second kappa shape index (κ2) is 4.12. The van der Waals surface area contributed by atoms with Gasteiger partial charge in [-0.3, -0.25) is 0 Å². The maximum atomic E-state index is 6.40. The van der Waals surface area contributed by atoms with E-state index in [2.05, 4.69) is 4.99 Å². The van der Waals surface area contributed by atoms with Gasteiger partial charge in [0.1, 0.15) is 11.5 Å². The maximum absolute atomic E-state index is 6.40. The summed E-state index contributed by atoms with van der Waals surface area (Å²) in [6.07, 6.45) is 0. The Labute approximate surface area is 119 Å². The van der Waals surface area contributed by atoms with Gasteiger partial charge in [-0.1, -0.05) is 29.3 Å². The van der Waals surface area contributed by atoms with Gasteiger partial charge in [0.15, 0.2) is 0 Å². The van der Waals surface area contributed by atoms with E-state index >= 15 is 0 Å². The fourth-order valence-corrected chi connectivity index (χ4v) is 3.80. The average molecular weight is 300 g/mol. The van der Waals surface area contributed by atoms with Crippen molar-refractivity contribution in [2.75, 3.05) is 6.61 Å². The van der Waals surface area contributed by atoms with Gasteiger partial charge in [0, 0.05) is 10.1 Å². The molecule has 0 aliphatic carbocycles. The van der Waals surface area contributed by atoms with Gasteiger partial charge in [0.05, 0.1) is 15.6 Å². The third-order valence-electron chi connectivity index (χ3n) is 2.77. The Bertz CT molecular complexity index is 660. The van der Waals surface area contributed by atoms with Gasteiger partial charge in [-0.25, -0.2) is 4.99 Å². The lowest BCUT2D eigenvalue weighted by Crippen LogP contribution is -2.17. The van der Waals surface area contributed by atoms with E-state index in [0.29, 0.717) is 22.5 Å². The van der Waals surface area contributed by atoms with Gasteiger partial charge in [-0.2, -0.15) is 0 Å². The lowest BCUT2D eigenvalue weighted by atomic mass is 10.1. The molecule has 0 unspecified atom stereocenters. The van der Waals surface area contributed by atoms with Gasteiger partial charge >= 0.3 is 0 Å². The zero-order valence-electron chi connectivity index (χ0n) is 9.96. The highest BCUT2D eigenvalue weighted by atomic mass is 35.5. The molecule has 0 radical (unpaired) electrons. The second-order valence-electron chi connectivity index (χ2n) is 4.88. The Morgan fingerprint density at radius 1 is 1.33 bits per heavy atom. The molecule has 0 spiro atoms. The molecule has 3 rings (SSSR count). The van der Waals surface area contributed by atoms with Crippen molar-refractivity contribution >= 4 is 50.5 Å². The summed E-state index contributed by atoms with van der Waals surface area (Å²) < 4.78 is 6.69. The average Bonchev–Trinajstić information content (AvgIpc) is 2.81. The third kappa shape index (κ3) is 1.91. The predicted octanol–water partition coefficient (Wildman–Crippen LogP) is 4.76. The molecule has 2 nitrogen and oxygen atoms in total. The van der Waals surface area contributed by atoms with Gasteiger partial charge in [0.2, 0.25) is 5.90 Å². The fraction of sp³-hybridized carbons (Fsp3) is 0.308. The van der Waals surface area contributed by atoms with E-state index < -0.39 is 0 Å². The first kappa shape index (κ1) is 12.3. The van der Waals surface area contributed by atoms with Gasteiger partial charge in [-0.05, 0) is 26.0 Å². The molecule has 1 aromatic carbocycles. The Morgan fingerprint density at radius 2 is 2.11 bits per heavy atom. The zero-order valence-corrected chi connectivity index (χ0v) is 12.3. The van der Waals surface area contributed by atoms with Crippen LogP contribution in [0.4, 0.5) is 0 Å². The minimum absolute atomic E-state index is 0.182. The molecule has 0 N–H and O–H groups in total. The van der Waals surface area contributed by atoms with E-state index in [1.54, 1.807) is 11.3 Å². The first-order valence-corrected chi connectivity index (χ1v) is 7.15. The molecule has 0 atom stereocenters. The van der Waals surface area contributed by atoms with E-state index in [4.69, 9.17) is 27.9 Å². The minimum atomic E-state index is -0.182. The molecule has 0 amide bonds. The summed E-state index contributed by atoms with van der Waals surface area (Å²) in [5, 5.41) is 2.19. The lowest BCUT2D eigenvalue weighted by Gasteiger charge is -2.07. The summed E-state index contributed by atoms with van der Waals surface area (Å²) >= 11 is 14.1. The van der Waals surface area contributed by atoms with Crippen molar-refractivity contribution in [1.29, 1.82) is 0 Å². The molecule has 2 aromatic rings. The molecule has 18 heavy (non-hydrogen) atoms. The van der Waals surface area contributed by atoms with Crippen molar-refractivity contribution in [2.24, 2.45) is 4.99 Å². The molecule has 1 aliphatic rings. The summed E-state index contributed by atoms with van der Waals surface area (Å²) in [4.78, 5) is 5.42. The summed E-state index contributed by atoms with van der Waals surface area (Å²) in [7, 11) is 0. The van der Waals surface area contributed by atoms with Crippen LogP contribution in [0.25, 0.3) is 10.1 Å². The van der Waals surface area contributed by atoms with Crippen LogP contribution in [-0.4, -0.2) is 18.0 Å². The van der Waals surface area contributed by atoms with Crippen molar-refractivity contribution in [3.8, 4) is 0 Å². The molecule has 0 fully saturated rings. The monoisotopic (exact) mass is 299 g/mol. The van der Waals surface area contributed by atoms with Crippen LogP contribution in [0.2, 0.25) is 10.0 Å². The first-order valence-electron chi connectivity index (χ1n) is 5.57. The Balaban J connectivity index is 2.20. The molecular formula is C13H11Cl2NOS. The normalized spacial score (nSPS) is 17.9. The maximum Gasteiger partial charge on any atom is 0.228 e. The number of rotatable bonds is 1. The molecule has 1 aliphatic heterocycles. The summed E-state index contributed by atoms with van der Waals surface area (Å²) in [5.41, 5.74) is -0.182. The third-order valence-corrected chi connectivity index (χ3v) is 4.71. The number of halogens is 2. The molecule has 1 aromatic heterocycles. The smallest absolute Gasteiger partial charge is 0.228 e. The van der Waals surface area contributed by atoms with E-state index in [0.717, 1.165) is 15.0 Å². The number of nitrogens with zero attached hydrogens (tertiary/aromatic N) is 1. The van der Waals surface area contributed by atoms with Crippen molar-refractivity contribution in [1.82, 2.24) is 0 Å². The van der Waals surface area contributed by atoms with E-state index in [1.165, 1.54) is 0 Å². The second-order valence-corrected chi connectivity index (χ2v) is 6.71. The molecule has 0 saturated carbocycles. The van der Waals surface area contributed by atoms with Crippen molar-refractivity contribution in [3.05, 3.63) is 33.1 Å². The number of ether oxygens (including phenoxy) is 1. The molecule has 5 heteroatoms. The van der Waals surface area contributed by atoms with E-state index in [1.807, 2.05) is 32.0 Å². The molecular weight excluding hydrogens is 289 g/mol. The standard InChI is InChI=1S/C13H11Cl2NOS/c1-13(2)6-17-12(16-13)11-10(15)9-7(14)4-3-5-8(9)18-11/h3-5H,6H2,1-2H3. The van der Waals surface area contributed by atoms with Crippen molar-refractivity contribution in [3.63, 3.8) is 0 Å². The number of hydrogen-bond donors (Lipinski definition) is 0. The highest BCUT2D eigenvalue weighted by molar-refractivity contribution is 7.21. The van der Waals surface area contributed by atoms with Crippen LogP contribution in [0, 0.1) is 0 Å². The number of benzene rings is 1. The summed E-state index contributed by atoms with van der Waals surface area (Å²) in [6, 6.07) is 5.76. The number of fused-ring (bicyclic) bond motifs is 1. The molecule has 2 heterocycles. The molecule has 94 valence electrons. The van der Waals surface area contributed by atoms with Crippen LogP contribution in [0.5, 0.6) is 0 Å². The van der Waals surface area contributed by atoms with Gasteiger partial charge in [-0.15, -0.1) is 11.3 Å². The lowest BCUT2D eigenvalue weighted by molar-refractivity contribution is 0.280. The van der Waals surface area contributed by atoms with Crippen LogP contribution in [-0.2, 0) is 4.74 Å². The highest BCUT2D eigenvalue weighted by Crippen LogP contribution is 2.40. The topological polar surface area (TPSA) is 21.6 Å². The summed E-state index contributed by atoms with van der Waals surface area (Å²) in [5.74, 6) is 0.627. The fourth-order valence-electron chi connectivity index (χ4n) is 1.91. The van der Waals surface area contributed by atoms with Crippen molar-refractivity contribution < 1.29 is 4.74 Å². The van der Waals surface area contributed by atoms with Gasteiger partial charge < -0.3 is 4.74 Å². The highest BCUT2D eigenvalue weighted by Gasteiger charge is 2.30. The van der Waals surface area contributed by atoms with Crippen LogP contribution in [0.3, 0.4) is 0 Å². The predicted molar refractivity (Wildman–Crippen MR) is 78.4 cm³/mol. The number of hydrogen-bond acceptors (Lipinski definition) is 3. The quantitative estimate of drug-likeness (QED) is 0.744. The SMILES string of the molecule is CC1(C)COC(c2sc3cccc(Cl)c3c2Cl)=N1. The van der Waals surface area contributed by atoms with Crippen LogP contribution in [0.15, 0.2) is 23.2 Å². The van der Waals surface area contributed by atoms with Crippen LogP contribution >= 0.6 is 34.5 Å². The van der Waals surface area contributed by atoms with Gasteiger partial charge in [0.25, 0.3) is 0 Å². The Kier molecular flexibility index (Phi) is 2.81. The Morgan fingerprint density at radius 3 is 2.72 bits per heavy atom. The van der Waals surface area contributed by atoms with Crippen molar-refractivity contribution in [2.45, 2.75) is 19.4 Å². The van der Waals surface area contributed by atoms with Crippen LogP contribution < -0.4 is 0 Å². The zero-order chi connectivity index (χ0) is 12.9. The largest absolute Gasteiger partial charge is 0.474 e. The minimum Gasteiger partial charge on any atom is -0.474 e.